The Hall–Kier alpha value is -1.50. The number of ether oxygens (including phenoxy) is 3. The Morgan fingerprint density at radius 3 is 1.97 bits per heavy atom. The van der Waals surface area contributed by atoms with E-state index in [2.05, 4.69) is 58.1 Å². The molecule has 0 aliphatic carbocycles. The highest BCUT2D eigenvalue weighted by Gasteiger charge is 2.41. The molecule has 0 amide bonds. The van der Waals surface area contributed by atoms with E-state index >= 15 is 0 Å². The lowest BCUT2D eigenvalue weighted by Gasteiger charge is -2.41. The monoisotopic (exact) mass is 442 g/mol. The number of hydrogen-bond donors (Lipinski definition) is 0. The van der Waals surface area contributed by atoms with E-state index in [1.807, 2.05) is 36.4 Å². The minimum atomic E-state index is -1.87. The van der Waals surface area contributed by atoms with Crippen molar-refractivity contribution in [3.63, 3.8) is 0 Å². The molecule has 0 radical (unpaired) electrons. The van der Waals surface area contributed by atoms with Gasteiger partial charge in [0.1, 0.15) is 12.2 Å². The summed E-state index contributed by atoms with van der Waals surface area (Å²) in [4.78, 5) is 0. The van der Waals surface area contributed by atoms with E-state index in [0.717, 1.165) is 12.0 Å². The van der Waals surface area contributed by atoms with Gasteiger partial charge in [-0.15, -0.1) is 0 Å². The van der Waals surface area contributed by atoms with Gasteiger partial charge < -0.3 is 18.6 Å². The van der Waals surface area contributed by atoms with Crippen molar-refractivity contribution in [3.8, 4) is 0 Å². The quantitative estimate of drug-likeness (QED) is 0.449. The van der Waals surface area contributed by atoms with Crippen LogP contribution in [0.1, 0.15) is 38.3 Å². The highest BCUT2D eigenvalue weighted by molar-refractivity contribution is 6.74. The van der Waals surface area contributed by atoms with Gasteiger partial charge in [0, 0.05) is 6.61 Å². The topological polar surface area (TPSA) is 36.9 Å². The zero-order chi connectivity index (χ0) is 22.3. The van der Waals surface area contributed by atoms with Crippen molar-refractivity contribution >= 4 is 8.32 Å². The van der Waals surface area contributed by atoms with E-state index in [1.165, 1.54) is 5.56 Å². The third kappa shape index (κ3) is 6.99. The first kappa shape index (κ1) is 24.1. The molecule has 31 heavy (non-hydrogen) atoms. The third-order valence-electron chi connectivity index (χ3n) is 6.47. The van der Waals surface area contributed by atoms with Crippen LogP contribution in [0.2, 0.25) is 18.1 Å². The Bertz CT molecular complexity index is 773. The van der Waals surface area contributed by atoms with Crippen LogP contribution in [0.25, 0.3) is 0 Å². The van der Waals surface area contributed by atoms with Crippen LogP contribution in [0.3, 0.4) is 0 Å². The van der Waals surface area contributed by atoms with E-state index in [0.29, 0.717) is 26.4 Å². The fraction of sp³-hybridized carbons (Fsp3) is 0.538. The van der Waals surface area contributed by atoms with E-state index in [4.69, 9.17) is 18.6 Å². The summed E-state index contributed by atoms with van der Waals surface area (Å²) in [6.07, 6.45) is 0.503. The molecule has 1 aliphatic heterocycles. The summed E-state index contributed by atoms with van der Waals surface area (Å²) in [5.74, 6) is 0. The van der Waals surface area contributed by atoms with Crippen LogP contribution in [-0.4, -0.2) is 39.8 Å². The van der Waals surface area contributed by atoms with Crippen LogP contribution < -0.4 is 0 Å². The lowest BCUT2D eigenvalue weighted by Crippen LogP contribution is -2.52. The summed E-state index contributed by atoms with van der Waals surface area (Å²) in [6, 6.07) is 20.6. The Balaban J connectivity index is 1.68. The summed E-state index contributed by atoms with van der Waals surface area (Å²) in [6.45, 7) is 13.7. The Morgan fingerprint density at radius 2 is 1.42 bits per heavy atom. The fourth-order valence-corrected chi connectivity index (χ4v) is 4.43. The zero-order valence-electron chi connectivity index (χ0n) is 19.7. The largest absolute Gasteiger partial charge is 0.414 e. The molecule has 1 aliphatic rings. The Labute approximate surface area is 189 Å². The van der Waals surface area contributed by atoms with Crippen molar-refractivity contribution in [3.05, 3.63) is 71.8 Å². The van der Waals surface area contributed by atoms with E-state index in [-0.39, 0.29) is 23.4 Å². The molecule has 0 aromatic heterocycles. The zero-order valence-corrected chi connectivity index (χ0v) is 20.7. The molecule has 4 nitrogen and oxygen atoms in total. The molecule has 0 bridgehead atoms. The second-order valence-corrected chi connectivity index (χ2v) is 14.7. The van der Waals surface area contributed by atoms with Gasteiger partial charge in [-0.3, -0.25) is 0 Å². The number of hydrogen-bond acceptors (Lipinski definition) is 4. The van der Waals surface area contributed by atoms with Crippen molar-refractivity contribution < 1.29 is 18.6 Å². The van der Waals surface area contributed by atoms with E-state index < -0.39 is 8.32 Å². The highest BCUT2D eigenvalue weighted by atomic mass is 28.4. The lowest BCUT2D eigenvalue weighted by atomic mass is 10.0. The van der Waals surface area contributed by atoms with Crippen molar-refractivity contribution in [2.45, 2.75) is 76.8 Å². The summed E-state index contributed by atoms with van der Waals surface area (Å²) in [5.41, 5.74) is 2.32. The first-order chi connectivity index (χ1) is 14.8. The third-order valence-corrected chi connectivity index (χ3v) is 11.0. The van der Waals surface area contributed by atoms with Crippen LogP contribution in [0.5, 0.6) is 0 Å². The molecule has 3 rings (SSSR count). The molecular formula is C26H38O4Si. The SMILES string of the molecule is CC(C)(C)[Si](C)(C)OC[C@H]1OCC[C@@H](OCc2ccccc2)[C@@H]1OCc1ccccc1. The minimum Gasteiger partial charge on any atom is -0.414 e. The summed E-state index contributed by atoms with van der Waals surface area (Å²) in [7, 11) is -1.87. The molecule has 1 fully saturated rings. The van der Waals surface area contributed by atoms with Gasteiger partial charge in [0.2, 0.25) is 0 Å². The van der Waals surface area contributed by atoms with Crippen LogP contribution in [0.15, 0.2) is 60.7 Å². The van der Waals surface area contributed by atoms with Crippen molar-refractivity contribution in [1.82, 2.24) is 0 Å². The minimum absolute atomic E-state index is 0.0225. The molecule has 3 atom stereocenters. The van der Waals surface area contributed by atoms with Gasteiger partial charge in [0.05, 0.1) is 25.9 Å². The predicted molar refractivity (Wildman–Crippen MR) is 128 cm³/mol. The molecule has 5 heteroatoms. The van der Waals surface area contributed by atoms with Gasteiger partial charge in [-0.25, -0.2) is 0 Å². The van der Waals surface area contributed by atoms with Crippen molar-refractivity contribution in [2.24, 2.45) is 0 Å². The molecule has 2 aromatic rings. The van der Waals surface area contributed by atoms with Crippen LogP contribution in [0, 0.1) is 0 Å². The second kappa shape index (κ2) is 10.9. The average Bonchev–Trinajstić information content (AvgIpc) is 2.76. The standard InChI is InChI=1S/C26H38O4Si/c1-26(2,3)31(4,5)30-20-24-25(29-19-22-14-10-7-11-15-22)23(16-17-27-24)28-18-21-12-8-6-9-13-21/h6-15,23-25H,16-20H2,1-5H3/t23-,24-,25+/m1/s1. The summed E-state index contributed by atoms with van der Waals surface area (Å²) < 4.78 is 25.4. The maximum absolute atomic E-state index is 6.51. The number of rotatable bonds is 9. The van der Waals surface area contributed by atoms with Crippen LogP contribution in [-0.2, 0) is 31.9 Å². The molecule has 0 unspecified atom stereocenters. The van der Waals surface area contributed by atoms with Gasteiger partial charge in [-0.05, 0) is 35.7 Å². The van der Waals surface area contributed by atoms with Gasteiger partial charge >= 0.3 is 0 Å². The van der Waals surface area contributed by atoms with Gasteiger partial charge in [0.25, 0.3) is 0 Å². The van der Waals surface area contributed by atoms with E-state index in [9.17, 15) is 0 Å². The van der Waals surface area contributed by atoms with Crippen LogP contribution >= 0.6 is 0 Å². The normalized spacial score (nSPS) is 22.4. The molecular weight excluding hydrogens is 404 g/mol. The summed E-state index contributed by atoms with van der Waals surface area (Å²) in [5, 5.41) is 0.158. The maximum atomic E-state index is 6.51. The molecule has 0 spiro atoms. The average molecular weight is 443 g/mol. The first-order valence-corrected chi connectivity index (χ1v) is 14.2. The fourth-order valence-electron chi connectivity index (χ4n) is 3.42. The number of benzene rings is 2. The smallest absolute Gasteiger partial charge is 0.192 e. The highest BCUT2D eigenvalue weighted by Crippen LogP contribution is 2.37. The lowest BCUT2D eigenvalue weighted by molar-refractivity contribution is -0.191. The van der Waals surface area contributed by atoms with Crippen LogP contribution in [0.4, 0.5) is 0 Å². The Kier molecular flexibility index (Phi) is 8.48. The Morgan fingerprint density at radius 1 is 0.871 bits per heavy atom. The van der Waals surface area contributed by atoms with Gasteiger partial charge in [-0.2, -0.15) is 0 Å². The van der Waals surface area contributed by atoms with Gasteiger partial charge in [-0.1, -0.05) is 81.4 Å². The molecule has 1 saturated heterocycles. The van der Waals surface area contributed by atoms with Crippen molar-refractivity contribution in [2.75, 3.05) is 13.2 Å². The molecule has 170 valence electrons. The molecule has 0 saturated carbocycles. The van der Waals surface area contributed by atoms with Crippen molar-refractivity contribution in [1.29, 1.82) is 0 Å². The second-order valence-electron chi connectivity index (χ2n) is 9.87. The molecule has 2 aromatic carbocycles. The molecule has 0 N–H and O–H groups in total. The first-order valence-electron chi connectivity index (χ1n) is 11.3. The van der Waals surface area contributed by atoms with E-state index in [1.54, 1.807) is 0 Å². The van der Waals surface area contributed by atoms with Gasteiger partial charge in [0.15, 0.2) is 8.32 Å². The summed E-state index contributed by atoms with van der Waals surface area (Å²) >= 11 is 0. The molecule has 1 heterocycles. The maximum Gasteiger partial charge on any atom is 0.192 e. The predicted octanol–water partition coefficient (Wildman–Crippen LogP) is 5.97.